The third kappa shape index (κ3) is 4.21. The summed E-state index contributed by atoms with van der Waals surface area (Å²) >= 11 is 0. The van der Waals surface area contributed by atoms with E-state index in [1.54, 1.807) is 14.0 Å². The molecule has 2 rings (SSSR count). The number of aromatic amines is 1. The average Bonchev–Trinajstić information content (AvgIpc) is 3.04. The van der Waals surface area contributed by atoms with E-state index in [0.29, 0.717) is 12.4 Å². The molecule has 0 fully saturated rings. The summed E-state index contributed by atoms with van der Waals surface area (Å²) in [4.78, 5) is 13.7. The van der Waals surface area contributed by atoms with Crippen molar-refractivity contribution in [1.82, 2.24) is 25.5 Å². The van der Waals surface area contributed by atoms with Crippen LogP contribution in [0.4, 0.5) is 8.78 Å². The molecular formula is C14H17F2N5O2. The zero-order valence-corrected chi connectivity index (χ0v) is 13.0. The van der Waals surface area contributed by atoms with Crippen LogP contribution in [0.2, 0.25) is 0 Å². The monoisotopic (exact) mass is 325 g/mol. The number of halogens is 2. The first-order valence-electron chi connectivity index (χ1n) is 6.98. The summed E-state index contributed by atoms with van der Waals surface area (Å²) in [6.45, 7) is 3.76. The predicted molar refractivity (Wildman–Crippen MR) is 76.7 cm³/mol. The molecule has 23 heavy (non-hydrogen) atoms. The molecule has 9 heteroatoms. The van der Waals surface area contributed by atoms with Crippen LogP contribution in [-0.4, -0.2) is 51.1 Å². The van der Waals surface area contributed by atoms with Crippen LogP contribution in [0, 0.1) is 11.6 Å². The van der Waals surface area contributed by atoms with E-state index in [-0.39, 0.29) is 17.6 Å². The number of aromatic nitrogens is 4. The van der Waals surface area contributed by atoms with E-state index in [2.05, 4.69) is 20.6 Å². The lowest BCUT2D eigenvalue weighted by Crippen LogP contribution is -2.39. The van der Waals surface area contributed by atoms with Crippen molar-refractivity contribution in [2.45, 2.75) is 25.9 Å². The fourth-order valence-electron chi connectivity index (χ4n) is 2.08. The second kappa shape index (κ2) is 7.12. The molecule has 0 unspecified atom stereocenters. The lowest BCUT2D eigenvalue weighted by molar-refractivity contribution is -0.136. The van der Waals surface area contributed by atoms with E-state index in [9.17, 15) is 13.6 Å². The van der Waals surface area contributed by atoms with Gasteiger partial charge in [0.1, 0.15) is 5.75 Å². The molecule has 0 aliphatic rings. The number of rotatable bonds is 6. The topological polar surface area (TPSA) is 84.0 Å². The molecule has 124 valence electrons. The molecule has 0 aliphatic heterocycles. The Balaban J connectivity index is 1.94. The number of carbonyl (C=O) groups excluding carboxylic acids is 1. The number of amides is 1. The second-order valence-corrected chi connectivity index (χ2v) is 5.23. The van der Waals surface area contributed by atoms with E-state index in [1.807, 2.05) is 6.92 Å². The van der Waals surface area contributed by atoms with E-state index in [1.165, 1.54) is 11.0 Å². The van der Waals surface area contributed by atoms with E-state index >= 15 is 0 Å². The van der Waals surface area contributed by atoms with Gasteiger partial charge in [-0.25, -0.2) is 8.78 Å². The molecular weight excluding hydrogens is 308 g/mol. The minimum absolute atomic E-state index is 0.0874. The smallest absolute Gasteiger partial charge is 0.263 e. The normalized spacial score (nSPS) is 13.4. The second-order valence-electron chi connectivity index (χ2n) is 5.23. The van der Waals surface area contributed by atoms with Crippen LogP contribution in [0.3, 0.4) is 0 Å². The van der Waals surface area contributed by atoms with Gasteiger partial charge < -0.3 is 9.64 Å². The van der Waals surface area contributed by atoms with Gasteiger partial charge in [0.05, 0.1) is 0 Å². The zero-order chi connectivity index (χ0) is 17.0. The van der Waals surface area contributed by atoms with Gasteiger partial charge in [-0.3, -0.25) is 4.79 Å². The predicted octanol–water partition coefficient (Wildman–Crippen LogP) is 1.51. The lowest BCUT2D eigenvalue weighted by Gasteiger charge is -2.24. The molecule has 0 saturated carbocycles. The van der Waals surface area contributed by atoms with E-state index in [4.69, 9.17) is 4.74 Å². The van der Waals surface area contributed by atoms with Gasteiger partial charge >= 0.3 is 0 Å². The van der Waals surface area contributed by atoms with Gasteiger partial charge in [0.15, 0.2) is 23.6 Å². The number of likely N-dealkylation sites (N-methyl/N-ethyl adjacent to an activating group) is 1. The van der Waals surface area contributed by atoms with Gasteiger partial charge in [-0.1, -0.05) is 12.1 Å². The number of H-pyrrole nitrogens is 1. The van der Waals surface area contributed by atoms with Gasteiger partial charge in [0.25, 0.3) is 5.91 Å². The highest BCUT2D eigenvalue weighted by Gasteiger charge is 2.22. The summed E-state index contributed by atoms with van der Waals surface area (Å²) in [5.41, 5.74) is 0. The number of tetrazole rings is 1. The summed E-state index contributed by atoms with van der Waals surface area (Å²) in [5, 5.41) is 13.6. The number of hydrogen-bond acceptors (Lipinski definition) is 5. The summed E-state index contributed by atoms with van der Waals surface area (Å²) in [6, 6.07) is 3.12. The quantitative estimate of drug-likeness (QED) is 0.870. The fourth-order valence-corrected chi connectivity index (χ4v) is 2.08. The molecule has 7 nitrogen and oxygen atoms in total. The van der Waals surface area contributed by atoms with Crippen molar-refractivity contribution in [3.63, 3.8) is 0 Å². The van der Waals surface area contributed by atoms with Gasteiger partial charge in [0, 0.05) is 25.6 Å². The Morgan fingerprint density at radius 2 is 2.09 bits per heavy atom. The zero-order valence-electron chi connectivity index (χ0n) is 13.0. The largest absolute Gasteiger partial charge is 0.481 e. The van der Waals surface area contributed by atoms with Crippen molar-refractivity contribution in [3.8, 4) is 5.75 Å². The minimum atomic E-state index is -1.03. The van der Waals surface area contributed by atoms with Crippen LogP contribution < -0.4 is 4.74 Å². The summed E-state index contributed by atoms with van der Waals surface area (Å²) in [5.74, 6) is -1.82. The highest BCUT2D eigenvalue weighted by molar-refractivity contribution is 5.80. The maximum atomic E-state index is 13.1. The van der Waals surface area contributed by atoms with E-state index in [0.717, 1.165) is 12.1 Å². The molecule has 1 aromatic heterocycles. The standard InChI is InChI=1S/C14H17F2N5O2/c1-8(13-17-19-20-18-13)7-21(3)14(22)9(2)23-10-4-5-11(15)12(16)6-10/h4-6,8-9H,7H2,1-3H3,(H,17,18,19,20)/t8-,9-/m1/s1. The maximum Gasteiger partial charge on any atom is 0.263 e. The Bertz CT molecular complexity index is 665. The summed E-state index contributed by atoms with van der Waals surface area (Å²) in [7, 11) is 1.62. The summed E-state index contributed by atoms with van der Waals surface area (Å²) in [6.07, 6.45) is -0.845. The number of nitrogens with one attached hydrogen (secondary N) is 1. The van der Waals surface area contributed by atoms with E-state index < -0.39 is 17.7 Å². The minimum Gasteiger partial charge on any atom is -0.481 e. The fraction of sp³-hybridized carbons (Fsp3) is 0.429. The molecule has 1 N–H and O–H groups in total. The molecule has 2 atom stereocenters. The number of ether oxygens (including phenoxy) is 1. The highest BCUT2D eigenvalue weighted by Crippen LogP contribution is 2.18. The van der Waals surface area contributed by atoms with Crippen LogP contribution in [0.15, 0.2) is 18.2 Å². The molecule has 0 radical (unpaired) electrons. The first kappa shape index (κ1) is 16.8. The number of benzene rings is 1. The Kier molecular flexibility index (Phi) is 5.20. The first-order chi connectivity index (χ1) is 10.9. The molecule has 2 aromatic rings. The highest BCUT2D eigenvalue weighted by atomic mass is 19.2. The van der Waals surface area contributed by atoms with Crippen LogP contribution >= 0.6 is 0 Å². The van der Waals surface area contributed by atoms with Gasteiger partial charge in [-0.2, -0.15) is 5.21 Å². The van der Waals surface area contributed by atoms with Crippen LogP contribution in [0.5, 0.6) is 5.75 Å². The SMILES string of the molecule is C[C@H](CN(C)C(=O)[C@@H](C)Oc1ccc(F)c(F)c1)c1nn[nH]n1. The molecule has 0 aliphatic carbocycles. The Morgan fingerprint density at radius 1 is 1.35 bits per heavy atom. The Labute approximate surface area is 131 Å². The van der Waals surface area contributed by atoms with Gasteiger partial charge in [-0.15, -0.1) is 10.2 Å². The van der Waals surface area contributed by atoms with Crippen molar-refractivity contribution in [1.29, 1.82) is 0 Å². The third-order valence-electron chi connectivity index (χ3n) is 3.28. The molecule has 0 spiro atoms. The van der Waals surface area contributed by atoms with Gasteiger partial charge in [0.2, 0.25) is 0 Å². The van der Waals surface area contributed by atoms with Crippen LogP contribution in [0.1, 0.15) is 25.6 Å². The Morgan fingerprint density at radius 3 is 2.70 bits per heavy atom. The molecule has 1 aromatic carbocycles. The third-order valence-corrected chi connectivity index (χ3v) is 3.28. The number of hydrogen-bond donors (Lipinski definition) is 1. The molecule has 0 bridgehead atoms. The van der Waals surface area contributed by atoms with Crippen molar-refractivity contribution in [2.75, 3.05) is 13.6 Å². The molecule has 1 amide bonds. The van der Waals surface area contributed by atoms with Crippen molar-refractivity contribution < 1.29 is 18.3 Å². The number of carbonyl (C=O) groups is 1. The average molecular weight is 325 g/mol. The van der Waals surface area contributed by atoms with Crippen molar-refractivity contribution in [3.05, 3.63) is 35.7 Å². The van der Waals surface area contributed by atoms with Crippen molar-refractivity contribution >= 4 is 5.91 Å². The molecule has 0 saturated heterocycles. The maximum absolute atomic E-state index is 13.1. The van der Waals surface area contributed by atoms with Gasteiger partial charge in [-0.05, 0) is 19.1 Å². The van der Waals surface area contributed by atoms with Crippen LogP contribution in [-0.2, 0) is 4.79 Å². The molecule has 1 heterocycles. The Hall–Kier alpha value is -2.58. The number of nitrogens with zero attached hydrogens (tertiary/aromatic N) is 4. The lowest BCUT2D eigenvalue weighted by atomic mass is 10.1. The summed E-state index contributed by atoms with van der Waals surface area (Å²) < 4.78 is 31.4. The van der Waals surface area contributed by atoms with Crippen molar-refractivity contribution in [2.24, 2.45) is 0 Å². The van der Waals surface area contributed by atoms with Crippen LogP contribution in [0.25, 0.3) is 0 Å². The first-order valence-corrected chi connectivity index (χ1v) is 6.98.